The van der Waals surface area contributed by atoms with Gasteiger partial charge in [0.2, 0.25) is 0 Å². The standard InChI is InChI=1S/C16H24ClN3/c1-16(2,13-7-6-8-14(17)11-13)12-19-15(18)20-9-4-3-5-10-20/h6-8,11H,3-5,9-10,12H2,1-2H3,(H2,18,19). The van der Waals surface area contributed by atoms with E-state index in [9.17, 15) is 0 Å². The molecule has 2 rings (SSSR count). The van der Waals surface area contributed by atoms with Gasteiger partial charge in [0.25, 0.3) is 0 Å². The van der Waals surface area contributed by atoms with Crippen LogP contribution in [0.2, 0.25) is 5.02 Å². The van der Waals surface area contributed by atoms with Crippen LogP contribution in [0.1, 0.15) is 38.7 Å². The zero-order valence-corrected chi connectivity index (χ0v) is 13.2. The van der Waals surface area contributed by atoms with Gasteiger partial charge in [0.05, 0.1) is 6.54 Å². The fourth-order valence-corrected chi connectivity index (χ4v) is 2.69. The fraction of sp³-hybridized carbons (Fsp3) is 0.562. The molecule has 20 heavy (non-hydrogen) atoms. The number of rotatable bonds is 3. The van der Waals surface area contributed by atoms with Crippen LogP contribution in [-0.2, 0) is 5.41 Å². The highest BCUT2D eigenvalue weighted by Gasteiger charge is 2.21. The average molecular weight is 294 g/mol. The second kappa shape index (κ2) is 6.49. The molecule has 1 aromatic carbocycles. The van der Waals surface area contributed by atoms with Gasteiger partial charge in [-0.05, 0) is 37.0 Å². The molecule has 0 amide bonds. The quantitative estimate of drug-likeness (QED) is 0.685. The molecule has 0 bridgehead atoms. The SMILES string of the molecule is CC(C)(CN=C(N)N1CCCCC1)c1cccc(Cl)c1. The van der Waals surface area contributed by atoms with Crippen LogP contribution in [0.5, 0.6) is 0 Å². The molecule has 1 aromatic rings. The first kappa shape index (κ1) is 15.2. The van der Waals surface area contributed by atoms with E-state index in [1.165, 1.54) is 24.8 Å². The van der Waals surface area contributed by atoms with Crippen molar-refractivity contribution in [3.05, 3.63) is 34.9 Å². The van der Waals surface area contributed by atoms with Crippen LogP contribution < -0.4 is 5.73 Å². The summed E-state index contributed by atoms with van der Waals surface area (Å²) in [5.41, 5.74) is 7.24. The van der Waals surface area contributed by atoms with Crippen molar-refractivity contribution >= 4 is 17.6 Å². The van der Waals surface area contributed by atoms with Crippen molar-refractivity contribution in [2.24, 2.45) is 10.7 Å². The Morgan fingerprint density at radius 1 is 1.30 bits per heavy atom. The molecule has 0 radical (unpaired) electrons. The third-order valence-electron chi connectivity index (χ3n) is 3.92. The van der Waals surface area contributed by atoms with Crippen LogP contribution >= 0.6 is 11.6 Å². The minimum absolute atomic E-state index is 0.0642. The van der Waals surface area contributed by atoms with Crippen LogP contribution in [-0.4, -0.2) is 30.5 Å². The molecule has 0 unspecified atom stereocenters. The molecule has 1 heterocycles. The van der Waals surface area contributed by atoms with Gasteiger partial charge in [-0.3, -0.25) is 4.99 Å². The number of likely N-dealkylation sites (tertiary alicyclic amines) is 1. The minimum Gasteiger partial charge on any atom is -0.370 e. The van der Waals surface area contributed by atoms with E-state index in [1.807, 2.05) is 18.2 Å². The molecule has 0 atom stereocenters. The van der Waals surface area contributed by atoms with E-state index in [2.05, 4.69) is 29.8 Å². The van der Waals surface area contributed by atoms with Gasteiger partial charge in [0.1, 0.15) is 0 Å². The van der Waals surface area contributed by atoms with Crippen LogP contribution in [0.25, 0.3) is 0 Å². The summed E-state index contributed by atoms with van der Waals surface area (Å²) in [4.78, 5) is 6.79. The average Bonchev–Trinajstić information content (AvgIpc) is 2.46. The highest BCUT2D eigenvalue weighted by atomic mass is 35.5. The molecule has 110 valence electrons. The number of benzene rings is 1. The van der Waals surface area contributed by atoms with Crippen LogP contribution in [0.15, 0.2) is 29.3 Å². The van der Waals surface area contributed by atoms with Crippen molar-refractivity contribution < 1.29 is 0 Å². The molecular formula is C16H24ClN3. The van der Waals surface area contributed by atoms with Gasteiger partial charge in [-0.15, -0.1) is 0 Å². The number of hydrogen-bond donors (Lipinski definition) is 1. The van der Waals surface area contributed by atoms with Gasteiger partial charge >= 0.3 is 0 Å². The van der Waals surface area contributed by atoms with Gasteiger partial charge in [-0.2, -0.15) is 0 Å². The smallest absolute Gasteiger partial charge is 0.191 e. The predicted octanol–water partition coefficient (Wildman–Crippen LogP) is 3.42. The van der Waals surface area contributed by atoms with Crippen LogP contribution in [0, 0.1) is 0 Å². The first-order valence-corrected chi connectivity index (χ1v) is 7.68. The van der Waals surface area contributed by atoms with Gasteiger partial charge in [-0.25, -0.2) is 0 Å². The van der Waals surface area contributed by atoms with Gasteiger partial charge in [0, 0.05) is 23.5 Å². The lowest BCUT2D eigenvalue weighted by atomic mass is 9.85. The zero-order valence-electron chi connectivity index (χ0n) is 12.4. The second-order valence-electron chi connectivity index (χ2n) is 6.12. The monoisotopic (exact) mass is 293 g/mol. The number of hydrogen-bond acceptors (Lipinski definition) is 1. The summed E-state index contributed by atoms with van der Waals surface area (Å²) in [5, 5.41) is 0.767. The lowest BCUT2D eigenvalue weighted by Crippen LogP contribution is -2.41. The fourth-order valence-electron chi connectivity index (χ4n) is 2.50. The van der Waals surface area contributed by atoms with E-state index in [4.69, 9.17) is 17.3 Å². The van der Waals surface area contributed by atoms with Crippen molar-refractivity contribution in [1.29, 1.82) is 0 Å². The minimum atomic E-state index is -0.0642. The molecule has 0 aromatic heterocycles. The third kappa shape index (κ3) is 3.89. The van der Waals surface area contributed by atoms with E-state index in [0.717, 1.165) is 18.1 Å². The maximum Gasteiger partial charge on any atom is 0.191 e. The maximum absolute atomic E-state index is 6.11. The molecule has 0 spiro atoms. The Bertz CT molecular complexity index is 476. The number of piperidine rings is 1. The van der Waals surface area contributed by atoms with Crippen molar-refractivity contribution in [3.63, 3.8) is 0 Å². The Morgan fingerprint density at radius 3 is 2.65 bits per heavy atom. The summed E-state index contributed by atoms with van der Waals surface area (Å²) in [6, 6.07) is 7.98. The molecule has 3 nitrogen and oxygen atoms in total. The molecule has 1 aliphatic rings. The number of halogens is 1. The van der Waals surface area contributed by atoms with E-state index >= 15 is 0 Å². The molecule has 1 saturated heterocycles. The number of nitrogens with two attached hydrogens (primary N) is 1. The summed E-state index contributed by atoms with van der Waals surface area (Å²) in [6.45, 7) is 7.09. The Labute approximate surface area is 126 Å². The highest BCUT2D eigenvalue weighted by molar-refractivity contribution is 6.30. The molecular weight excluding hydrogens is 270 g/mol. The molecule has 0 aliphatic carbocycles. The number of guanidine groups is 1. The Hall–Kier alpha value is -1.22. The molecule has 1 aliphatic heterocycles. The first-order chi connectivity index (χ1) is 9.49. The van der Waals surface area contributed by atoms with Gasteiger partial charge in [0.15, 0.2) is 5.96 Å². The Kier molecular flexibility index (Phi) is 4.92. The van der Waals surface area contributed by atoms with Crippen LogP contribution in [0.3, 0.4) is 0 Å². The third-order valence-corrected chi connectivity index (χ3v) is 4.16. The maximum atomic E-state index is 6.11. The Balaban J connectivity index is 2.04. The van der Waals surface area contributed by atoms with E-state index in [0.29, 0.717) is 12.5 Å². The zero-order chi connectivity index (χ0) is 14.6. The summed E-state index contributed by atoms with van der Waals surface area (Å²) >= 11 is 6.07. The van der Waals surface area contributed by atoms with Crippen molar-refractivity contribution in [2.75, 3.05) is 19.6 Å². The lowest BCUT2D eigenvalue weighted by Gasteiger charge is -2.29. The summed E-state index contributed by atoms with van der Waals surface area (Å²) in [6.07, 6.45) is 3.74. The van der Waals surface area contributed by atoms with E-state index in [1.54, 1.807) is 0 Å². The van der Waals surface area contributed by atoms with Crippen molar-refractivity contribution in [2.45, 2.75) is 38.5 Å². The molecule has 0 saturated carbocycles. The van der Waals surface area contributed by atoms with Crippen LogP contribution in [0.4, 0.5) is 0 Å². The van der Waals surface area contributed by atoms with E-state index in [-0.39, 0.29) is 5.41 Å². The van der Waals surface area contributed by atoms with Crippen molar-refractivity contribution in [3.8, 4) is 0 Å². The van der Waals surface area contributed by atoms with Crippen molar-refractivity contribution in [1.82, 2.24) is 4.90 Å². The molecule has 1 fully saturated rings. The predicted molar refractivity (Wildman–Crippen MR) is 86.4 cm³/mol. The molecule has 4 heteroatoms. The largest absolute Gasteiger partial charge is 0.370 e. The Morgan fingerprint density at radius 2 is 2.00 bits per heavy atom. The summed E-state index contributed by atoms with van der Waals surface area (Å²) in [7, 11) is 0. The van der Waals surface area contributed by atoms with Gasteiger partial charge < -0.3 is 10.6 Å². The second-order valence-corrected chi connectivity index (χ2v) is 6.55. The van der Waals surface area contributed by atoms with Gasteiger partial charge in [-0.1, -0.05) is 37.6 Å². The van der Waals surface area contributed by atoms with E-state index < -0.39 is 0 Å². The molecule has 2 N–H and O–H groups in total. The highest BCUT2D eigenvalue weighted by Crippen LogP contribution is 2.26. The lowest BCUT2D eigenvalue weighted by molar-refractivity contribution is 0.337. The first-order valence-electron chi connectivity index (χ1n) is 7.30. The summed E-state index contributed by atoms with van der Waals surface area (Å²) < 4.78 is 0. The topological polar surface area (TPSA) is 41.6 Å². The normalized spacial score (nSPS) is 17.4. The summed E-state index contributed by atoms with van der Waals surface area (Å²) in [5.74, 6) is 0.680. The number of nitrogens with zero attached hydrogens (tertiary/aromatic N) is 2. The number of aliphatic imine (C=N–C) groups is 1.